The zero-order chi connectivity index (χ0) is 19.0. The van der Waals surface area contributed by atoms with Gasteiger partial charge in [0.05, 0.1) is 12.4 Å². The van der Waals surface area contributed by atoms with Crippen LogP contribution in [0, 0.1) is 5.92 Å². The number of anilines is 2. The first-order valence-electron chi connectivity index (χ1n) is 8.97. The first kappa shape index (κ1) is 17.9. The molecule has 0 spiro atoms. The standard InChI is InChI=1S/C17H22F2N6O2/c1-9-11-4-3-10(25(11)2)5-12(9)26-16-8-20-7-14(22-16)21-13-6-15(24-23-13)27-17(18)19/h6-12,17H,3-5H2,1-2H3,(H2,21,22,23,24)/t9-,10-,11+,12+/m1/s1. The van der Waals surface area contributed by atoms with E-state index in [1.165, 1.54) is 25.1 Å². The fourth-order valence-corrected chi connectivity index (χ4v) is 4.12. The summed E-state index contributed by atoms with van der Waals surface area (Å²) in [5.74, 6) is 1.41. The molecule has 0 radical (unpaired) electrons. The van der Waals surface area contributed by atoms with Gasteiger partial charge in [-0.25, -0.2) is 5.10 Å². The molecule has 2 aromatic heterocycles. The lowest BCUT2D eigenvalue weighted by Gasteiger charge is -2.41. The zero-order valence-corrected chi connectivity index (χ0v) is 15.1. The number of fused-ring (bicyclic) bond motifs is 2. The number of nitrogens with one attached hydrogen (secondary N) is 2. The monoisotopic (exact) mass is 380 g/mol. The highest BCUT2D eigenvalue weighted by Crippen LogP contribution is 2.39. The lowest BCUT2D eigenvalue weighted by Crippen LogP contribution is -2.49. The minimum atomic E-state index is -2.92. The van der Waals surface area contributed by atoms with Gasteiger partial charge in [-0.15, -0.1) is 0 Å². The lowest BCUT2D eigenvalue weighted by atomic mass is 9.89. The molecule has 0 aliphatic carbocycles. The molecule has 8 nitrogen and oxygen atoms in total. The maximum atomic E-state index is 12.2. The Bertz CT molecular complexity index is 788. The molecule has 10 heteroatoms. The second kappa shape index (κ2) is 7.26. The number of halogens is 2. The van der Waals surface area contributed by atoms with E-state index in [0.717, 1.165) is 6.42 Å². The van der Waals surface area contributed by atoms with Crippen LogP contribution < -0.4 is 14.8 Å². The molecule has 0 amide bonds. The van der Waals surface area contributed by atoms with Gasteiger partial charge in [-0.2, -0.15) is 18.9 Å². The molecule has 2 fully saturated rings. The third kappa shape index (κ3) is 3.80. The predicted molar refractivity (Wildman–Crippen MR) is 93.3 cm³/mol. The van der Waals surface area contributed by atoms with E-state index >= 15 is 0 Å². The van der Waals surface area contributed by atoms with Crippen LogP contribution in [-0.2, 0) is 0 Å². The maximum Gasteiger partial charge on any atom is 0.388 e. The van der Waals surface area contributed by atoms with Crippen LogP contribution in [0.4, 0.5) is 20.4 Å². The number of nitrogens with zero attached hydrogens (tertiary/aromatic N) is 4. The molecular weight excluding hydrogens is 358 g/mol. The summed E-state index contributed by atoms with van der Waals surface area (Å²) in [6.07, 6.45) is 6.57. The van der Waals surface area contributed by atoms with Crippen molar-refractivity contribution in [3.63, 3.8) is 0 Å². The summed E-state index contributed by atoms with van der Waals surface area (Å²) in [7, 11) is 2.19. The SMILES string of the molecule is C[C@H]1[C@@H](Oc2cncc(Nc3cc(OC(F)F)[nH]n3)n2)C[C@H]2CC[C@@H]1N2C. The summed E-state index contributed by atoms with van der Waals surface area (Å²) in [6, 6.07) is 2.42. The molecule has 2 saturated heterocycles. The van der Waals surface area contributed by atoms with E-state index in [-0.39, 0.29) is 12.0 Å². The third-order valence-corrected chi connectivity index (χ3v) is 5.50. The van der Waals surface area contributed by atoms with Gasteiger partial charge in [0, 0.05) is 30.5 Å². The Morgan fingerprint density at radius 3 is 2.96 bits per heavy atom. The van der Waals surface area contributed by atoms with Crippen LogP contribution in [0.1, 0.15) is 26.2 Å². The Labute approximate surface area is 155 Å². The Hall–Kier alpha value is -2.49. The molecule has 4 rings (SSSR count). The number of hydrogen-bond donors (Lipinski definition) is 2. The Morgan fingerprint density at radius 1 is 1.30 bits per heavy atom. The Morgan fingerprint density at radius 2 is 2.15 bits per heavy atom. The van der Waals surface area contributed by atoms with Crippen LogP contribution in [-0.4, -0.2) is 56.9 Å². The molecule has 2 N–H and O–H groups in total. The number of aromatic amines is 1. The van der Waals surface area contributed by atoms with Gasteiger partial charge in [-0.05, 0) is 19.9 Å². The number of rotatable bonds is 6. The number of piperidine rings is 1. The number of alkyl halides is 2. The highest BCUT2D eigenvalue weighted by atomic mass is 19.3. The molecule has 0 saturated carbocycles. The number of hydrogen-bond acceptors (Lipinski definition) is 7. The molecule has 0 aromatic carbocycles. The van der Waals surface area contributed by atoms with Crippen molar-refractivity contribution in [1.29, 1.82) is 0 Å². The summed E-state index contributed by atoms with van der Waals surface area (Å²) < 4.78 is 34.8. The summed E-state index contributed by atoms with van der Waals surface area (Å²) in [4.78, 5) is 11.0. The molecule has 2 aromatic rings. The third-order valence-electron chi connectivity index (χ3n) is 5.50. The summed E-state index contributed by atoms with van der Waals surface area (Å²) in [5.41, 5.74) is 0. The van der Waals surface area contributed by atoms with Gasteiger partial charge in [0.25, 0.3) is 0 Å². The molecule has 27 heavy (non-hydrogen) atoms. The van der Waals surface area contributed by atoms with Crippen molar-refractivity contribution in [1.82, 2.24) is 25.1 Å². The maximum absolute atomic E-state index is 12.2. The largest absolute Gasteiger partial charge is 0.473 e. The molecule has 2 aliphatic heterocycles. The lowest BCUT2D eigenvalue weighted by molar-refractivity contribution is -0.0528. The molecule has 0 unspecified atom stereocenters. The van der Waals surface area contributed by atoms with Crippen molar-refractivity contribution in [2.24, 2.45) is 5.92 Å². The molecule has 2 bridgehead atoms. The topological polar surface area (TPSA) is 88.2 Å². The minimum Gasteiger partial charge on any atom is -0.473 e. The van der Waals surface area contributed by atoms with E-state index < -0.39 is 6.61 Å². The smallest absolute Gasteiger partial charge is 0.388 e. The van der Waals surface area contributed by atoms with E-state index in [4.69, 9.17) is 4.74 Å². The predicted octanol–water partition coefficient (Wildman–Crippen LogP) is 2.79. The normalized spacial score (nSPS) is 27.7. The van der Waals surface area contributed by atoms with E-state index in [1.807, 2.05) is 0 Å². The first-order chi connectivity index (χ1) is 13.0. The van der Waals surface area contributed by atoms with E-state index in [2.05, 4.69) is 49.1 Å². The molecule has 4 atom stereocenters. The average Bonchev–Trinajstić information content (AvgIpc) is 3.15. The summed E-state index contributed by atoms with van der Waals surface area (Å²) in [6.45, 7) is -0.696. The molecular formula is C17H22F2N6O2. The zero-order valence-electron chi connectivity index (χ0n) is 15.1. The first-order valence-corrected chi connectivity index (χ1v) is 8.97. The molecule has 146 valence electrons. The second-order valence-electron chi connectivity index (χ2n) is 7.08. The van der Waals surface area contributed by atoms with Crippen molar-refractivity contribution < 1.29 is 18.3 Å². The molecule has 4 heterocycles. The fraction of sp³-hybridized carbons (Fsp3) is 0.588. The minimum absolute atomic E-state index is 0.0969. The van der Waals surface area contributed by atoms with Crippen molar-refractivity contribution in [2.45, 2.75) is 51.0 Å². The molecule has 2 aliphatic rings. The fourth-order valence-electron chi connectivity index (χ4n) is 4.12. The Kier molecular flexibility index (Phi) is 4.81. The van der Waals surface area contributed by atoms with Gasteiger partial charge in [0.15, 0.2) is 11.6 Å². The summed E-state index contributed by atoms with van der Waals surface area (Å²) >= 11 is 0. The number of aromatic nitrogens is 4. The van der Waals surface area contributed by atoms with Crippen LogP contribution in [0.3, 0.4) is 0 Å². The second-order valence-corrected chi connectivity index (χ2v) is 7.08. The highest BCUT2D eigenvalue weighted by molar-refractivity contribution is 5.52. The van der Waals surface area contributed by atoms with Crippen molar-refractivity contribution >= 4 is 11.6 Å². The van der Waals surface area contributed by atoms with Crippen LogP contribution in [0.5, 0.6) is 11.8 Å². The van der Waals surface area contributed by atoms with Crippen molar-refractivity contribution in [3.8, 4) is 11.8 Å². The van der Waals surface area contributed by atoms with Crippen LogP contribution in [0.25, 0.3) is 0 Å². The van der Waals surface area contributed by atoms with Gasteiger partial charge in [0.2, 0.25) is 11.8 Å². The number of H-pyrrole nitrogens is 1. The number of ether oxygens (including phenoxy) is 2. The van der Waals surface area contributed by atoms with Crippen LogP contribution in [0.2, 0.25) is 0 Å². The summed E-state index contributed by atoms with van der Waals surface area (Å²) in [5, 5.41) is 9.11. The van der Waals surface area contributed by atoms with Crippen molar-refractivity contribution in [3.05, 3.63) is 18.5 Å². The van der Waals surface area contributed by atoms with Gasteiger partial charge >= 0.3 is 6.61 Å². The van der Waals surface area contributed by atoms with Crippen LogP contribution in [0.15, 0.2) is 18.5 Å². The van der Waals surface area contributed by atoms with Gasteiger partial charge < -0.3 is 14.8 Å². The van der Waals surface area contributed by atoms with Gasteiger partial charge in [-0.1, -0.05) is 6.92 Å². The van der Waals surface area contributed by atoms with E-state index in [9.17, 15) is 8.78 Å². The van der Waals surface area contributed by atoms with Crippen LogP contribution >= 0.6 is 0 Å². The van der Waals surface area contributed by atoms with E-state index in [0.29, 0.717) is 35.5 Å². The van der Waals surface area contributed by atoms with E-state index in [1.54, 1.807) is 6.20 Å². The van der Waals surface area contributed by atoms with Gasteiger partial charge in [-0.3, -0.25) is 9.88 Å². The highest BCUT2D eigenvalue weighted by Gasteiger charge is 2.44. The van der Waals surface area contributed by atoms with Crippen molar-refractivity contribution in [2.75, 3.05) is 12.4 Å². The quantitative estimate of drug-likeness (QED) is 0.797. The van der Waals surface area contributed by atoms with Gasteiger partial charge in [0.1, 0.15) is 6.10 Å². The Balaban J connectivity index is 1.41. The average molecular weight is 380 g/mol.